The molecule has 1 atom stereocenters. The summed E-state index contributed by atoms with van der Waals surface area (Å²) in [5.41, 5.74) is 3.26. The molecule has 24 heavy (non-hydrogen) atoms. The van der Waals surface area contributed by atoms with Gasteiger partial charge in [0.05, 0.1) is 6.04 Å². The topological polar surface area (TPSA) is 23.6 Å². The van der Waals surface area contributed by atoms with Crippen molar-refractivity contribution in [2.75, 3.05) is 26.7 Å². The second-order valence-corrected chi connectivity index (χ2v) is 6.96. The predicted octanol–water partition coefficient (Wildman–Crippen LogP) is 3.94. The molecule has 1 amide bonds. The van der Waals surface area contributed by atoms with Crippen molar-refractivity contribution < 1.29 is 4.79 Å². The molecular weight excluding hydrogens is 296 g/mol. The molecule has 3 heteroatoms. The molecular formula is C21H26N2O. The number of rotatable bonds is 3. The van der Waals surface area contributed by atoms with Crippen molar-refractivity contribution >= 4 is 5.91 Å². The third kappa shape index (κ3) is 3.51. The monoisotopic (exact) mass is 322 g/mol. The molecule has 0 radical (unpaired) electrons. The van der Waals surface area contributed by atoms with Crippen molar-refractivity contribution in [3.05, 3.63) is 71.3 Å². The van der Waals surface area contributed by atoms with Gasteiger partial charge < -0.3 is 9.80 Å². The van der Waals surface area contributed by atoms with Crippen LogP contribution < -0.4 is 0 Å². The number of carbonyl (C=O) groups excluding carboxylic acids is 1. The van der Waals surface area contributed by atoms with Gasteiger partial charge in [-0.05, 0) is 36.2 Å². The average molecular weight is 322 g/mol. The minimum Gasteiger partial charge on any atom is -0.329 e. The van der Waals surface area contributed by atoms with E-state index in [0.29, 0.717) is 5.92 Å². The van der Waals surface area contributed by atoms with E-state index in [0.717, 1.165) is 25.2 Å². The van der Waals surface area contributed by atoms with E-state index >= 15 is 0 Å². The van der Waals surface area contributed by atoms with E-state index < -0.39 is 0 Å². The van der Waals surface area contributed by atoms with Crippen LogP contribution in [0.2, 0.25) is 0 Å². The Morgan fingerprint density at radius 3 is 2.29 bits per heavy atom. The Hall–Kier alpha value is -2.13. The third-order valence-corrected chi connectivity index (χ3v) is 4.85. The summed E-state index contributed by atoms with van der Waals surface area (Å²) in [6.45, 7) is 6.89. The van der Waals surface area contributed by atoms with Crippen LogP contribution in [0.4, 0.5) is 0 Å². The summed E-state index contributed by atoms with van der Waals surface area (Å²) in [6, 6.07) is 18.5. The zero-order valence-electron chi connectivity index (χ0n) is 14.8. The molecule has 1 heterocycles. The van der Waals surface area contributed by atoms with Gasteiger partial charge in [-0.25, -0.2) is 0 Å². The summed E-state index contributed by atoms with van der Waals surface area (Å²) in [4.78, 5) is 17.4. The van der Waals surface area contributed by atoms with Gasteiger partial charge in [-0.2, -0.15) is 0 Å². The zero-order valence-corrected chi connectivity index (χ0v) is 14.8. The number of nitrogens with zero attached hydrogens (tertiary/aromatic N) is 2. The van der Waals surface area contributed by atoms with Crippen LogP contribution in [0.15, 0.2) is 54.6 Å². The number of hydrogen-bond acceptors (Lipinski definition) is 2. The molecule has 1 aliphatic rings. The first-order valence-corrected chi connectivity index (χ1v) is 8.70. The van der Waals surface area contributed by atoms with Gasteiger partial charge in [-0.15, -0.1) is 0 Å². The molecule has 1 aliphatic heterocycles. The van der Waals surface area contributed by atoms with Crippen LogP contribution >= 0.6 is 0 Å². The summed E-state index contributed by atoms with van der Waals surface area (Å²) in [6.07, 6.45) is 0. The number of piperazine rings is 1. The molecule has 2 aromatic rings. The summed E-state index contributed by atoms with van der Waals surface area (Å²) in [7, 11) is 2.12. The third-order valence-electron chi connectivity index (χ3n) is 4.85. The van der Waals surface area contributed by atoms with Crippen molar-refractivity contribution in [2.24, 2.45) is 0 Å². The van der Waals surface area contributed by atoms with Crippen molar-refractivity contribution in [1.29, 1.82) is 0 Å². The lowest BCUT2D eigenvalue weighted by molar-refractivity contribution is 0.0498. The van der Waals surface area contributed by atoms with Crippen LogP contribution in [-0.4, -0.2) is 42.4 Å². The first-order chi connectivity index (χ1) is 11.6. The molecule has 1 saturated heterocycles. The summed E-state index contributed by atoms with van der Waals surface area (Å²) in [5, 5.41) is 0. The number of hydrogen-bond donors (Lipinski definition) is 0. The quantitative estimate of drug-likeness (QED) is 0.854. The minimum absolute atomic E-state index is 0.113. The number of amides is 1. The molecule has 3 nitrogen and oxygen atoms in total. The van der Waals surface area contributed by atoms with Gasteiger partial charge >= 0.3 is 0 Å². The maximum atomic E-state index is 13.1. The largest absolute Gasteiger partial charge is 0.329 e. The zero-order chi connectivity index (χ0) is 17.1. The lowest BCUT2D eigenvalue weighted by atomic mass is 9.99. The number of carbonyl (C=O) groups is 1. The lowest BCUT2D eigenvalue weighted by Gasteiger charge is -2.40. The normalized spacial score (nSPS) is 18.8. The molecule has 0 aromatic heterocycles. The SMILES string of the molecule is CC(C)c1ccc(C(=O)N2CCN(C)CC2c2ccccc2)cc1. The second kappa shape index (κ2) is 7.18. The van der Waals surface area contributed by atoms with Gasteiger partial charge in [0.2, 0.25) is 0 Å². The standard InChI is InChI=1S/C21H26N2O/c1-16(2)17-9-11-19(12-10-17)21(24)23-14-13-22(3)15-20(23)18-7-5-4-6-8-18/h4-12,16,20H,13-15H2,1-3H3. The second-order valence-electron chi connectivity index (χ2n) is 6.96. The van der Waals surface area contributed by atoms with E-state index in [1.165, 1.54) is 11.1 Å². The number of likely N-dealkylation sites (N-methyl/N-ethyl adjacent to an activating group) is 1. The Labute approximate surface area is 144 Å². The van der Waals surface area contributed by atoms with Gasteiger partial charge in [-0.1, -0.05) is 56.3 Å². The molecule has 1 fully saturated rings. The minimum atomic E-state index is 0.113. The average Bonchev–Trinajstić information content (AvgIpc) is 2.62. The van der Waals surface area contributed by atoms with Gasteiger partial charge in [0.25, 0.3) is 5.91 Å². The highest BCUT2D eigenvalue weighted by molar-refractivity contribution is 5.94. The Morgan fingerprint density at radius 2 is 1.67 bits per heavy atom. The first kappa shape index (κ1) is 16.7. The highest BCUT2D eigenvalue weighted by Gasteiger charge is 2.30. The fraction of sp³-hybridized carbons (Fsp3) is 0.381. The van der Waals surface area contributed by atoms with Gasteiger partial charge in [-0.3, -0.25) is 4.79 Å². The molecule has 2 aromatic carbocycles. The summed E-state index contributed by atoms with van der Waals surface area (Å²) >= 11 is 0. The van der Waals surface area contributed by atoms with Gasteiger partial charge in [0.1, 0.15) is 0 Å². The fourth-order valence-corrected chi connectivity index (χ4v) is 3.30. The highest BCUT2D eigenvalue weighted by atomic mass is 16.2. The van der Waals surface area contributed by atoms with E-state index in [9.17, 15) is 4.79 Å². The predicted molar refractivity (Wildman–Crippen MR) is 98.2 cm³/mol. The maximum Gasteiger partial charge on any atom is 0.254 e. The molecule has 0 spiro atoms. The lowest BCUT2D eigenvalue weighted by Crippen LogP contribution is -2.49. The molecule has 1 unspecified atom stereocenters. The molecule has 3 rings (SSSR count). The maximum absolute atomic E-state index is 13.1. The first-order valence-electron chi connectivity index (χ1n) is 8.70. The van der Waals surface area contributed by atoms with Crippen LogP contribution in [0.25, 0.3) is 0 Å². The summed E-state index contributed by atoms with van der Waals surface area (Å²) < 4.78 is 0. The van der Waals surface area contributed by atoms with E-state index in [4.69, 9.17) is 0 Å². The Bertz CT molecular complexity index is 679. The molecule has 0 aliphatic carbocycles. The van der Waals surface area contributed by atoms with Crippen LogP contribution in [0.3, 0.4) is 0 Å². The van der Waals surface area contributed by atoms with Crippen molar-refractivity contribution in [3.63, 3.8) is 0 Å². The van der Waals surface area contributed by atoms with Crippen molar-refractivity contribution in [2.45, 2.75) is 25.8 Å². The molecule has 0 saturated carbocycles. The van der Waals surface area contributed by atoms with Crippen molar-refractivity contribution in [1.82, 2.24) is 9.80 Å². The summed E-state index contributed by atoms with van der Waals surface area (Å²) in [5.74, 6) is 0.613. The molecule has 126 valence electrons. The van der Waals surface area contributed by atoms with E-state index in [2.05, 4.69) is 50.1 Å². The Kier molecular flexibility index (Phi) is 5.00. The van der Waals surface area contributed by atoms with Crippen LogP contribution in [-0.2, 0) is 0 Å². The van der Waals surface area contributed by atoms with Gasteiger partial charge in [0, 0.05) is 25.2 Å². The van der Waals surface area contributed by atoms with Crippen LogP contribution in [0.1, 0.15) is 47.3 Å². The van der Waals surface area contributed by atoms with Crippen molar-refractivity contribution in [3.8, 4) is 0 Å². The van der Waals surface area contributed by atoms with Crippen LogP contribution in [0.5, 0.6) is 0 Å². The van der Waals surface area contributed by atoms with E-state index in [1.807, 2.05) is 35.2 Å². The van der Waals surface area contributed by atoms with E-state index in [1.54, 1.807) is 0 Å². The Balaban J connectivity index is 1.86. The van der Waals surface area contributed by atoms with E-state index in [-0.39, 0.29) is 11.9 Å². The smallest absolute Gasteiger partial charge is 0.254 e. The Morgan fingerprint density at radius 1 is 1.00 bits per heavy atom. The molecule has 0 N–H and O–H groups in total. The number of benzene rings is 2. The van der Waals surface area contributed by atoms with Crippen LogP contribution in [0, 0.1) is 0 Å². The van der Waals surface area contributed by atoms with Gasteiger partial charge in [0.15, 0.2) is 0 Å². The molecule has 0 bridgehead atoms. The fourth-order valence-electron chi connectivity index (χ4n) is 3.30. The highest BCUT2D eigenvalue weighted by Crippen LogP contribution is 2.27.